The number of aromatic nitrogens is 1. The first-order valence-corrected chi connectivity index (χ1v) is 7.70. The molecule has 1 amide bonds. The van der Waals surface area contributed by atoms with Gasteiger partial charge in [0.15, 0.2) is 0 Å². The lowest BCUT2D eigenvalue weighted by Gasteiger charge is -2.29. The first kappa shape index (κ1) is 15.1. The summed E-state index contributed by atoms with van der Waals surface area (Å²) < 4.78 is 5.51. The van der Waals surface area contributed by atoms with Crippen LogP contribution >= 0.6 is 0 Å². The molecule has 1 aromatic heterocycles. The number of rotatable bonds is 0. The smallest absolute Gasteiger partial charge is 0.410 e. The Balaban J connectivity index is 1.88. The second kappa shape index (κ2) is 5.43. The van der Waals surface area contributed by atoms with E-state index in [0.29, 0.717) is 26.1 Å². The topological polar surface area (TPSA) is 65.9 Å². The van der Waals surface area contributed by atoms with Crippen LogP contribution in [0.4, 0.5) is 10.6 Å². The normalized spacial score (nSPS) is 24.5. The molecule has 22 heavy (non-hydrogen) atoms. The van der Waals surface area contributed by atoms with Gasteiger partial charge in [-0.25, -0.2) is 9.78 Å². The van der Waals surface area contributed by atoms with Crippen LogP contribution in [0.5, 0.6) is 0 Å². The van der Waals surface area contributed by atoms with Crippen molar-refractivity contribution in [3.8, 4) is 0 Å². The van der Waals surface area contributed by atoms with Gasteiger partial charge in [-0.1, -0.05) is 6.07 Å². The number of hydrogen-bond acceptors (Lipinski definition) is 5. The molecule has 2 atom stereocenters. The number of fused-ring (bicyclic) bond motifs is 3. The summed E-state index contributed by atoms with van der Waals surface area (Å²) in [4.78, 5) is 20.7. The quantitative estimate of drug-likeness (QED) is 0.791. The highest BCUT2D eigenvalue weighted by Gasteiger charge is 2.38. The largest absolute Gasteiger partial charge is 0.444 e. The monoisotopic (exact) mass is 305 g/mol. The molecule has 0 aliphatic carbocycles. The number of carbonyl (C=O) groups excluding carboxylic acids is 1. The van der Waals surface area contributed by atoms with Gasteiger partial charge in [-0.3, -0.25) is 0 Å². The molecule has 0 radical (unpaired) electrons. The SMILES string of the molecule is CC(C)(C)OC(=O)N1Cc2cccnc2N2C[C@H](O)C[C@@H]2C1. The van der Waals surface area contributed by atoms with E-state index in [1.165, 1.54) is 0 Å². The summed E-state index contributed by atoms with van der Waals surface area (Å²) in [5.41, 5.74) is 0.473. The Morgan fingerprint density at radius 2 is 2.18 bits per heavy atom. The van der Waals surface area contributed by atoms with Crippen LogP contribution < -0.4 is 4.90 Å². The van der Waals surface area contributed by atoms with E-state index >= 15 is 0 Å². The van der Waals surface area contributed by atoms with Crippen LogP contribution in [0.2, 0.25) is 0 Å². The summed E-state index contributed by atoms with van der Waals surface area (Å²) in [5, 5.41) is 9.98. The maximum atomic E-state index is 12.4. The van der Waals surface area contributed by atoms with Crippen LogP contribution in [0, 0.1) is 0 Å². The number of carbonyl (C=O) groups is 1. The molecule has 0 spiro atoms. The van der Waals surface area contributed by atoms with Crippen molar-refractivity contribution in [2.24, 2.45) is 0 Å². The lowest BCUT2D eigenvalue weighted by atomic mass is 10.2. The molecule has 1 N–H and O–H groups in total. The first-order valence-electron chi connectivity index (χ1n) is 7.70. The second-order valence-electron chi connectivity index (χ2n) is 7.04. The molecule has 0 unspecified atom stereocenters. The molecule has 120 valence electrons. The molecular formula is C16H23N3O3. The Labute approximate surface area is 130 Å². The predicted octanol–water partition coefficient (Wildman–Crippen LogP) is 1.77. The third kappa shape index (κ3) is 3.02. The Bertz CT molecular complexity index is 570. The summed E-state index contributed by atoms with van der Waals surface area (Å²) in [5.74, 6) is 0.870. The molecule has 3 rings (SSSR count). The molecular weight excluding hydrogens is 282 g/mol. The van der Waals surface area contributed by atoms with Crippen molar-refractivity contribution < 1.29 is 14.6 Å². The van der Waals surface area contributed by atoms with Gasteiger partial charge in [0.25, 0.3) is 0 Å². The van der Waals surface area contributed by atoms with Crippen LogP contribution in [0.3, 0.4) is 0 Å². The molecule has 0 saturated carbocycles. The van der Waals surface area contributed by atoms with Crippen molar-refractivity contribution in [3.63, 3.8) is 0 Å². The molecule has 1 saturated heterocycles. The van der Waals surface area contributed by atoms with Crippen LogP contribution in [0.25, 0.3) is 0 Å². The van der Waals surface area contributed by atoms with Gasteiger partial charge in [0, 0.05) is 24.8 Å². The molecule has 1 aromatic rings. The van der Waals surface area contributed by atoms with Crippen molar-refractivity contribution >= 4 is 11.9 Å². The van der Waals surface area contributed by atoms with Gasteiger partial charge in [-0.15, -0.1) is 0 Å². The molecule has 6 heteroatoms. The van der Waals surface area contributed by atoms with E-state index in [2.05, 4.69) is 9.88 Å². The van der Waals surface area contributed by atoms with Gasteiger partial charge in [-0.05, 0) is 33.3 Å². The lowest BCUT2D eigenvalue weighted by Crippen LogP contribution is -2.42. The van der Waals surface area contributed by atoms with Crippen molar-refractivity contribution in [1.82, 2.24) is 9.88 Å². The van der Waals surface area contributed by atoms with E-state index in [1.54, 1.807) is 11.1 Å². The van der Waals surface area contributed by atoms with Gasteiger partial charge in [0.2, 0.25) is 0 Å². The van der Waals surface area contributed by atoms with Crippen LogP contribution in [0.1, 0.15) is 32.8 Å². The average Bonchev–Trinajstić information content (AvgIpc) is 2.70. The Morgan fingerprint density at radius 1 is 1.41 bits per heavy atom. The summed E-state index contributed by atoms with van der Waals surface area (Å²) in [7, 11) is 0. The predicted molar refractivity (Wildman–Crippen MR) is 82.6 cm³/mol. The minimum absolute atomic E-state index is 0.0821. The maximum Gasteiger partial charge on any atom is 0.410 e. The number of amides is 1. The molecule has 2 aliphatic rings. The van der Waals surface area contributed by atoms with Gasteiger partial charge >= 0.3 is 6.09 Å². The Hall–Kier alpha value is -1.82. The second-order valence-corrected chi connectivity index (χ2v) is 7.04. The molecule has 0 aromatic carbocycles. The highest BCUT2D eigenvalue weighted by Crippen LogP contribution is 2.32. The standard InChI is InChI=1S/C16H23N3O3/c1-16(2,3)22-15(21)18-8-11-5-4-6-17-14(11)19-10-13(20)7-12(19)9-18/h4-6,12-13,20H,7-10H2,1-3H3/t12-,13-/m1/s1. The van der Waals surface area contributed by atoms with Crippen molar-refractivity contribution in [1.29, 1.82) is 0 Å². The lowest BCUT2D eigenvalue weighted by molar-refractivity contribution is 0.0225. The fraction of sp³-hybridized carbons (Fsp3) is 0.625. The van der Waals surface area contributed by atoms with Gasteiger partial charge in [0.1, 0.15) is 11.4 Å². The van der Waals surface area contributed by atoms with Crippen LogP contribution in [-0.2, 0) is 11.3 Å². The van der Waals surface area contributed by atoms with Crippen molar-refractivity contribution in [2.45, 2.75) is 51.5 Å². The summed E-state index contributed by atoms with van der Waals surface area (Å²) in [6.45, 7) is 7.19. The van der Waals surface area contributed by atoms with E-state index in [4.69, 9.17) is 4.74 Å². The van der Waals surface area contributed by atoms with Gasteiger partial charge < -0.3 is 19.6 Å². The van der Waals surface area contributed by atoms with E-state index in [9.17, 15) is 9.90 Å². The van der Waals surface area contributed by atoms with Crippen LogP contribution in [-0.4, -0.2) is 51.9 Å². The number of ether oxygens (including phenoxy) is 1. The third-order valence-electron chi connectivity index (χ3n) is 3.98. The average molecular weight is 305 g/mol. The molecule has 6 nitrogen and oxygen atoms in total. The number of aliphatic hydroxyl groups excluding tert-OH is 1. The van der Waals surface area contributed by atoms with E-state index < -0.39 is 5.60 Å². The fourth-order valence-electron chi connectivity index (χ4n) is 3.13. The highest BCUT2D eigenvalue weighted by molar-refractivity contribution is 5.69. The summed E-state index contributed by atoms with van der Waals surface area (Å²) in [6.07, 6.45) is 1.71. The zero-order chi connectivity index (χ0) is 15.9. The summed E-state index contributed by atoms with van der Waals surface area (Å²) >= 11 is 0. The Kier molecular flexibility index (Phi) is 3.72. The molecule has 2 aliphatic heterocycles. The minimum atomic E-state index is -0.518. The molecule has 1 fully saturated rings. The zero-order valence-electron chi connectivity index (χ0n) is 13.3. The van der Waals surface area contributed by atoms with Crippen molar-refractivity contribution in [3.05, 3.63) is 23.9 Å². The number of aliphatic hydroxyl groups is 1. The summed E-state index contributed by atoms with van der Waals surface area (Å²) in [6, 6.07) is 3.93. The van der Waals surface area contributed by atoms with Gasteiger partial charge in [0.05, 0.1) is 18.7 Å². The van der Waals surface area contributed by atoms with Crippen molar-refractivity contribution in [2.75, 3.05) is 18.0 Å². The molecule has 0 bridgehead atoms. The fourth-order valence-corrected chi connectivity index (χ4v) is 3.13. The first-order chi connectivity index (χ1) is 10.3. The zero-order valence-corrected chi connectivity index (χ0v) is 13.3. The van der Waals surface area contributed by atoms with Crippen LogP contribution in [0.15, 0.2) is 18.3 Å². The number of anilines is 1. The van der Waals surface area contributed by atoms with Gasteiger partial charge in [-0.2, -0.15) is 0 Å². The van der Waals surface area contributed by atoms with E-state index in [0.717, 1.165) is 11.4 Å². The number of hydrogen-bond donors (Lipinski definition) is 1. The minimum Gasteiger partial charge on any atom is -0.444 e. The molecule has 3 heterocycles. The maximum absolute atomic E-state index is 12.4. The van der Waals surface area contributed by atoms with E-state index in [1.807, 2.05) is 32.9 Å². The third-order valence-corrected chi connectivity index (χ3v) is 3.98. The number of nitrogens with zero attached hydrogens (tertiary/aromatic N) is 3. The Morgan fingerprint density at radius 3 is 2.91 bits per heavy atom. The van der Waals surface area contributed by atoms with E-state index in [-0.39, 0.29) is 18.2 Å². The number of pyridine rings is 1. The highest BCUT2D eigenvalue weighted by atomic mass is 16.6.